The van der Waals surface area contributed by atoms with Crippen LogP contribution in [0.15, 0.2) is 22.7 Å². The molecule has 0 aliphatic rings. The number of carbonyl (C=O) groups excluding carboxylic acids is 1. The lowest BCUT2D eigenvalue weighted by Gasteiger charge is -2.03. The van der Waals surface area contributed by atoms with E-state index in [1.165, 1.54) is 25.3 Å². The number of halogens is 1. The number of hydrogen-bond acceptors (Lipinski definition) is 5. The van der Waals surface area contributed by atoms with Crippen molar-refractivity contribution in [3.8, 4) is 17.1 Å². The number of hydrogen-bond donors (Lipinski definition) is 0. The van der Waals surface area contributed by atoms with Gasteiger partial charge in [0.2, 0.25) is 11.7 Å². The first kappa shape index (κ1) is 14.2. The molecule has 20 heavy (non-hydrogen) atoms. The predicted octanol–water partition coefficient (Wildman–Crippen LogP) is 2.97. The number of rotatable bonds is 5. The van der Waals surface area contributed by atoms with Crippen LogP contribution in [0.3, 0.4) is 0 Å². The van der Waals surface area contributed by atoms with E-state index in [0.29, 0.717) is 17.8 Å². The highest BCUT2D eigenvalue weighted by molar-refractivity contribution is 5.84. The van der Waals surface area contributed by atoms with Crippen LogP contribution in [-0.2, 0) is 4.79 Å². The molecule has 0 bridgehead atoms. The maximum absolute atomic E-state index is 13.3. The van der Waals surface area contributed by atoms with Gasteiger partial charge in [0.25, 0.3) is 0 Å². The van der Waals surface area contributed by atoms with Crippen molar-refractivity contribution in [1.82, 2.24) is 10.1 Å². The Bertz CT molecular complexity index is 625. The van der Waals surface area contributed by atoms with Crippen LogP contribution < -0.4 is 4.74 Å². The zero-order valence-electron chi connectivity index (χ0n) is 11.5. The molecule has 0 saturated carbocycles. The maximum Gasteiger partial charge on any atom is 0.237 e. The molecule has 1 unspecified atom stereocenters. The van der Waals surface area contributed by atoms with Gasteiger partial charge < -0.3 is 9.26 Å². The van der Waals surface area contributed by atoms with Crippen LogP contribution in [-0.4, -0.2) is 23.0 Å². The average molecular weight is 278 g/mol. The van der Waals surface area contributed by atoms with Crippen molar-refractivity contribution in [2.24, 2.45) is 0 Å². The van der Waals surface area contributed by atoms with Gasteiger partial charge in [-0.3, -0.25) is 4.79 Å². The van der Waals surface area contributed by atoms with Crippen LogP contribution in [0.5, 0.6) is 5.75 Å². The maximum atomic E-state index is 13.3. The summed E-state index contributed by atoms with van der Waals surface area (Å²) in [6, 6.07) is 4.28. The topological polar surface area (TPSA) is 65.2 Å². The molecule has 2 rings (SSSR count). The molecule has 1 aromatic carbocycles. The summed E-state index contributed by atoms with van der Waals surface area (Å²) in [6.45, 7) is 3.50. The Kier molecular flexibility index (Phi) is 4.12. The molecular formula is C14H15FN2O3. The molecule has 0 aliphatic carbocycles. The molecule has 0 spiro atoms. The van der Waals surface area contributed by atoms with Crippen LogP contribution in [0.2, 0.25) is 0 Å². The Labute approximate surface area is 115 Å². The van der Waals surface area contributed by atoms with Gasteiger partial charge in [-0.2, -0.15) is 4.98 Å². The van der Waals surface area contributed by atoms with E-state index in [4.69, 9.17) is 9.26 Å². The van der Waals surface area contributed by atoms with Gasteiger partial charge in [-0.15, -0.1) is 0 Å². The number of nitrogens with zero attached hydrogens (tertiary/aromatic N) is 2. The van der Waals surface area contributed by atoms with E-state index in [1.807, 2.05) is 0 Å². The molecule has 0 saturated heterocycles. The first-order chi connectivity index (χ1) is 9.56. The minimum absolute atomic E-state index is 0.0249. The fourth-order valence-corrected chi connectivity index (χ4v) is 1.77. The third-order valence-electron chi connectivity index (χ3n) is 3.05. The summed E-state index contributed by atoms with van der Waals surface area (Å²) >= 11 is 0. The van der Waals surface area contributed by atoms with Gasteiger partial charge in [-0.05, 0) is 25.1 Å². The molecule has 6 heteroatoms. The van der Waals surface area contributed by atoms with E-state index < -0.39 is 11.7 Å². The molecule has 0 N–H and O–H groups in total. The van der Waals surface area contributed by atoms with Crippen molar-refractivity contribution in [2.75, 3.05) is 7.11 Å². The quantitative estimate of drug-likeness (QED) is 0.841. The minimum Gasteiger partial charge on any atom is -0.494 e. The Morgan fingerprint density at radius 3 is 2.90 bits per heavy atom. The van der Waals surface area contributed by atoms with Crippen molar-refractivity contribution in [3.05, 3.63) is 29.9 Å². The summed E-state index contributed by atoms with van der Waals surface area (Å²) in [4.78, 5) is 15.8. The fourth-order valence-electron chi connectivity index (χ4n) is 1.77. The molecule has 1 heterocycles. The number of carbonyl (C=O) groups is 1. The molecule has 0 amide bonds. The van der Waals surface area contributed by atoms with Crippen molar-refractivity contribution in [1.29, 1.82) is 0 Å². The number of Topliss-reactive ketones (excluding diaryl/α,β-unsaturated/α-hetero) is 1. The van der Waals surface area contributed by atoms with Crippen molar-refractivity contribution in [2.45, 2.75) is 26.2 Å². The van der Waals surface area contributed by atoms with Crippen LogP contribution >= 0.6 is 0 Å². The largest absolute Gasteiger partial charge is 0.494 e. The summed E-state index contributed by atoms with van der Waals surface area (Å²) in [5.41, 5.74) is 0.564. The average Bonchev–Trinajstić information content (AvgIpc) is 2.95. The molecule has 5 nitrogen and oxygen atoms in total. The smallest absolute Gasteiger partial charge is 0.237 e. The zero-order chi connectivity index (χ0) is 14.7. The Hall–Kier alpha value is -2.24. The van der Waals surface area contributed by atoms with Gasteiger partial charge >= 0.3 is 0 Å². The zero-order valence-corrected chi connectivity index (χ0v) is 11.5. The number of ether oxygens (including phenoxy) is 1. The summed E-state index contributed by atoms with van der Waals surface area (Å²) < 4.78 is 23.3. The second-order valence-corrected chi connectivity index (χ2v) is 4.35. The van der Waals surface area contributed by atoms with Crippen LogP contribution in [0.1, 0.15) is 32.1 Å². The third kappa shape index (κ3) is 2.68. The van der Waals surface area contributed by atoms with Gasteiger partial charge in [-0.1, -0.05) is 12.1 Å². The van der Waals surface area contributed by atoms with E-state index in [2.05, 4.69) is 10.1 Å². The van der Waals surface area contributed by atoms with Crippen molar-refractivity contribution in [3.63, 3.8) is 0 Å². The number of benzene rings is 1. The molecule has 0 radical (unpaired) electrons. The molecule has 1 aromatic heterocycles. The van der Waals surface area contributed by atoms with Gasteiger partial charge in [0.15, 0.2) is 11.6 Å². The lowest BCUT2D eigenvalue weighted by Crippen LogP contribution is -2.07. The van der Waals surface area contributed by atoms with Crippen LogP contribution in [0.4, 0.5) is 4.39 Å². The van der Waals surface area contributed by atoms with Crippen LogP contribution in [0, 0.1) is 5.82 Å². The van der Waals surface area contributed by atoms with E-state index >= 15 is 0 Å². The van der Waals surface area contributed by atoms with Gasteiger partial charge in [0.1, 0.15) is 5.78 Å². The second kappa shape index (κ2) is 5.81. The standard InChI is InChI=1S/C14H15FN2O3/c1-4-11(18)8(2)14-16-13(17-20-14)9-5-6-10(15)12(7-9)19-3/h5-8H,4H2,1-3H3. The molecule has 2 aromatic rings. The first-order valence-electron chi connectivity index (χ1n) is 6.27. The highest BCUT2D eigenvalue weighted by Crippen LogP contribution is 2.26. The van der Waals surface area contributed by atoms with Crippen molar-refractivity contribution < 1.29 is 18.4 Å². The Morgan fingerprint density at radius 1 is 1.50 bits per heavy atom. The van der Waals surface area contributed by atoms with Crippen LogP contribution in [0.25, 0.3) is 11.4 Å². The molecule has 0 fully saturated rings. The summed E-state index contributed by atoms with van der Waals surface area (Å²) in [7, 11) is 1.38. The molecule has 106 valence electrons. The first-order valence-corrected chi connectivity index (χ1v) is 6.27. The van der Waals surface area contributed by atoms with E-state index in [1.54, 1.807) is 13.8 Å². The van der Waals surface area contributed by atoms with Gasteiger partial charge in [0, 0.05) is 12.0 Å². The summed E-state index contributed by atoms with van der Waals surface area (Å²) in [5, 5.41) is 3.81. The number of methoxy groups -OCH3 is 1. The van der Waals surface area contributed by atoms with E-state index in [-0.39, 0.29) is 17.4 Å². The normalized spacial score (nSPS) is 12.2. The fraction of sp³-hybridized carbons (Fsp3) is 0.357. The minimum atomic E-state index is -0.463. The monoisotopic (exact) mass is 278 g/mol. The Morgan fingerprint density at radius 2 is 2.25 bits per heavy atom. The number of ketones is 1. The second-order valence-electron chi connectivity index (χ2n) is 4.35. The highest BCUT2D eigenvalue weighted by atomic mass is 19.1. The number of aromatic nitrogens is 2. The van der Waals surface area contributed by atoms with Gasteiger partial charge in [0.05, 0.1) is 13.0 Å². The summed E-state index contributed by atoms with van der Waals surface area (Å²) in [6.07, 6.45) is 0.406. The summed E-state index contributed by atoms with van der Waals surface area (Å²) in [5.74, 6) is -0.217. The molecular weight excluding hydrogens is 263 g/mol. The lowest BCUT2D eigenvalue weighted by atomic mass is 10.1. The van der Waals surface area contributed by atoms with Gasteiger partial charge in [-0.25, -0.2) is 4.39 Å². The predicted molar refractivity (Wildman–Crippen MR) is 70.0 cm³/mol. The van der Waals surface area contributed by atoms with E-state index in [0.717, 1.165) is 0 Å². The SMILES string of the molecule is CCC(=O)C(C)c1nc(-c2ccc(F)c(OC)c2)no1. The lowest BCUT2D eigenvalue weighted by molar-refractivity contribution is -0.120. The molecule has 1 atom stereocenters. The molecule has 0 aliphatic heterocycles. The Balaban J connectivity index is 2.31. The van der Waals surface area contributed by atoms with Crippen molar-refractivity contribution >= 4 is 5.78 Å². The highest BCUT2D eigenvalue weighted by Gasteiger charge is 2.21. The van der Waals surface area contributed by atoms with E-state index in [9.17, 15) is 9.18 Å². The third-order valence-corrected chi connectivity index (χ3v) is 3.05.